The van der Waals surface area contributed by atoms with Crippen LogP contribution in [-0.4, -0.2) is 23.4 Å². The van der Waals surface area contributed by atoms with Crippen molar-refractivity contribution < 1.29 is 16.8 Å². The van der Waals surface area contributed by atoms with Gasteiger partial charge in [0.05, 0.1) is 9.79 Å². The van der Waals surface area contributed by atoms with E-state index in [2.05, 4.69) is 16.6 Å². The lowest BCUT2D eigenvalue weighted by Gasteiger charge is -2.06. The van der Waals surface area contributed by atoms with E-state index in [1.165, 1.54) is 18.2 Å². The Balaban J connectivity index is 2.98. The first kappa shape index (κ1) is 15.7. The molecule has 0 saturated carbocycles. The summed E-state index contributed by atoms with van der Waals surface area (Å²) < 4.78 is 48.4. The van der Waals surface area contributed by atoms with E-state index in [-0.39, 0.29) is 16.3 Å². The highest BCUT2D eigenvalue weighted by molar-refractivity contribution is 7.90. The van der Waals surface area contributed by atoms with Crippen molar-refractivity contribution in [2.24, 2.45) is 5.14 Å². The van der Waals surface area contributed by atoms with E-state index in [1.807, 2.05) is 0 Å². The molecule has 0 fully saturated rings. The van der Waals surface area contributed by atoms with Gasteiger partial charge in [-0.1, -0.05) is 6.07 Å². The van der Waals surface area contributed by atoms with Crippen LogP contribution >= 0.6 is 0 Å². The van der Waals surface area contributed by atoms with Gasteiger partial charge < -0.3 is 0 Å². The molecule has 1 rings (SSSR count). The van der Waals surface area contributed by atoms with E-state index in [0.717, 1.165) is 6.07 Å². The summed E-state index contributed by atoms with van der Waals surface area (Å²) in [6.45, 7) is 1.81. The van der Waals surface area contributed by atoms with Crippen molar-refractivity contribution in [2.75, 3.05) is 6.54 Å². The molecule has 0 aliphatic carbocycles. The minimum Gasteiger partial charge on any atom is -0.225 e. The largest absolute Gasteiger partial charge is 0.240 e. The zero-order valence-corrected chi connectivity index (χ0v) is 11.9. The standard InChI is InChI=1S/C11H14N2O4S2/c1-2-3-4-8-13-19(16,17)11-7-5-6-10(9-11)18(12,14)15/h5-7,9,13H,4,8H2,1H3,(H2,12,14,15). The minimum atomic E-state index is -3.93. The van der Waals surface area contributed by atoms with Crippen LogP contribution in [0.4, 0.5) is 0 Å². The Morgan fingerprint density at radius 3 is 2.42 bits per heavy atom. The Bertz CT molecular complexity index is 713. The van der Waals surface area contributed by atoms with Crippen molar-refractivity contribution >= 4 is 20.0 Å². The highest BCUT2D eigenvalue weighted by Crippen LogP contribution is 2.14. The third-order valence-corrected chi connectivity index (χ3v) is 4.53. The van der Waals surface area contributed by atoms with Crippen LogP contribution in [0.3, 0.4) is 0 Å². The summed E-state index contributed by atoms with van der Waals surface area (Å²) in [7, 11) is -7.69. The van der Waals surface area contributed by atoms with E-state index in [4.69, 9.17) is 5.14 Å². The van der Waals surface area contributed by atoms with Crippen molar-refractivity contribution in [1.29, 1.82) is 0 Å². The Labute approximate surface area is 113 Å². The maximum atomic E-state index is 11.9. The minimum absolute atomic E-state index is 0.150. The van der Waals surface area contributed by atoms with Crippen LogP contribution in [0.1, 0.15) is 13.3 Å². The van der Waals surface area contributed by atoms with Crippen LogP contribution < -0.4 is 9.86 Å². The summed E-state index contributed by atoms with van der Waals surface area (Å²) in [4.78, 5) is -0.396. The fraction of sp³-hybridized carbons (Fsp3) is 0.273. The number of primary sulfonamides is 1. The second-order valence-electron chi connectivity index (χ2n) is 3.59. The Hall–Kier alpha value is -1.40. The molecular formula is C11H14N2O4S2. The molecule has 0 heterocycles. The smallest absolute Gasteiger partial charge is 0.225 e. The Kier molecular flexibility index (Phi) is 5.08. The second kappa shape index (κ2) is 6.16. The lowest BCUT2D eigenvalue weighted by Crippen LogP contribution is -2.25. The number of rotatable bonds is 5. The first-order valence-corrected chi connectivity index (χ1v) is 8.32. The molecule has 0 amide bonds. The predicted octanol–water partition coefficient (Wildman–Crippen LogP) is 0.0257. The molecular weight excluding hydrogens is 288 g/mol. The van der Waals surface area contributed by atoms with Crippen molar-refractivity contribution in [3.63, 3.8) is 0 Å². The highest BCUT2D eigenvalue weighted by Gasteiger charge is 2.16. The number of hydrogen-bond donors (Lipinski definition) is 2. The van der Waals surface area contributed by atoms with Gasteiger partial charge in [0.15, 0.2) is 0 Å². The average Bonchev–Trinajstić information content (AvgIpc) is 2.34. The molecule has 0 unspecified atom stereocenters. The molecule has 19 heavy (non-hydrogen) atoms. The maximum absolute atomic E-state index is 11.9. The zero-order valence-electron chi connectivity index (χ0n) is 10.3. The molecule has 0 bridgehead atoms. The molecule has 6 nitrogen and oxygen atoms in total. The number of sulfonamides is 2. The van der Waals surface area contributed by atoms with Gasteiger partial charge in [-0.2, -0.15) is 0 Å². The Morgan fingerprint density at radius 1 is 1.21 bits per heavy atom. The van der Waals surface area contributed by atoms with Crippen molar-refractivity contribution in [3.05, 3.63) is 24.3 Å². The van der Waals surface area contributed by atoms with E-state index in [1.54, 1.807) is 6.92 Å². The number of nitrogens with two attached hydrogens (primary N) is 1. The summed E-state index contributed by atoms with van der Waals surface area (Å²) in [6.07, 6.45) is 0.380. The van der Waals surface area contributed by atoms with Crippen molar-refractivity contribution in [1.82, 2.24) is 4.72 Å². The predicted molar refractivity (Wildman–Crippen MR) is 71.1 cm³/mol. The van der Waals surface area contributed by atoms with Gasteiger partial charge in [-0.25, -0.2) is 26.7 Å². The van der Waals surface area contributed by atoms with Gasteiger partial charge in [0, 0.05) is 13.0 Å². The normalized spacial score (nSPS) is 11.7. The second-order valence-corrected chi connectivity index (χ2v) is 6.92. The molecule has 104 valence electrons. The third kappa shape index (κ3) is 4.65. The monoisotopic (exact) mass is 302 g/mol. The molecule has 0 aliphatic heterocycles. The average molecular weight is 302 g/mol. The van der Waals surface area contributed by atoms with Crippen LogP contribution in [0.5, 0.6) is 0 Å². The number of benzene rings is 1. The fourth-order valence-corrected chi connectivity index (χ4v) is 2.99. The SMILES string of the molecule is CC#CCCNS(=O)(=O)c1cccc(S(N)(=O)=O)c1. The van der Waals surface area contributed by atoms with Gasteiger partial charge >= 0.3 is 0 Å². The van der Waals surface area contributed by atoms with E-state index in [9.17, 15) is 16.8 Å². The summed E-state index contributed by atoms with van der Waals surface area (Å²) in [6, 6.07) is 4.86. The van der Waals surface area contributed by atoms with Crippen LogP contribution in [-0.2, 0) is 20.0 Å². The molecule has 0 atom stereocenters. The van der Waals surface area contributed by atoms with Gasteiger partial charge in [-0.3, -0.25) is 0 Å². The fourth-order valence-electron chi connectivity index (χ4n) is 1.27. The summed E-state index contributed by atoms with van der Waals surface area (Å²) in [5, 5.41) is 4.95. The zero-order chi connectivity index (χ0) is 14.5. The first-order chi connectivity index (χ1) is 8.77. The molecule has 0 spiro atoms. The molecule has 3 N–H and O–H groups in total. The van der Waals surface area contributed by atoms with Crippen LogP contribution in [0, 0.1) is 11.8 Å². The van der Waals surface area contributed by atoms with Gasteiger partial charge in [0.1, 0.15) is 0 Å². The van der Waals surface area contributed by atoms with Crippen LogP contribution in [0.15, 0.2) is 34.1 Å². The molecule has 0 aliphatic rings. The van der Waals surface area contributed by atoms with Gasteiger partial charge in [-0.05, 0) is 25.1 Å². The van der Waals surface area contributed by atoms with Crippen molar-refractivity contribution in [3.8, 4) is 11.8 Å². The number of hydrogen-bond acceptors (Lipinski definition) is 4. The topological polar surface area (TPSA) is 106 Å². The third-order valence-electron chi connectivity index (χ3n) is 2.16. The van der Waals surface area contributed by atoms with Gasteiger partial charge in [0.2, 0.25) is 20.0 Å². The van der Waals surface area contributed by atoms with E-state index < -0.39 is 20.0 Å². The lowest BCUT2D eigenvalue weighted by atomic mass is 10.4. The highest BCUT2D eigenvalue weighted by atomic mass is 32.2. The van der Waals surface area contributed by atoms with E-state index >= 15 is 0 Å². The molecule has 1 aromatic carbocycles. The van der Waals surface area contributed by atoms with E-state index in [0.29, 0.717) is 6.42 Å². The lowest BCUT2D eigenvalue weighted by molar-refractivity contribution is 0.582. The molecule has 0 radical (unpaired) electrons. The summed E-state index contributed by atoms with van der Waals surface area (Å²) in [5.41, 5.74) is 0. The Morgan fingerprint density at radius 2 is 1.84 bits per heavy atom. The molecule has 0 saturated heterocycles. The molecule has 1 aromatic rings. The molecule has 8 heteroatoms. The summed E-state index contributed by atoms with van der Waals surface area (Å²) in [5.74, 6) is 5.36. The van der Waals surface area contributed by atoms with Gasteiger partial charge in [-0.15, -0.1) is 11.8 Å². The molecule has 0 aromatic heterocycles. The summed E-state index contributed by atoms with van der Waals surface area (Å²) >= 11 is 0. The van der Waals surface area contributed by atoms with Crippen LogP contribution in [0.25, 0.3) is 0 Å². The van der Waals surface area contributed by atoms with Crippen LogP contribution in [0.2, 0.25) is 0 Å². The quantitative estimate of drug-likeness (QED) is 0.591. The van der Waals surface area contributed by atoms with Gasteiger partial charge in [0.25, 0.3) is 0 Å². The van der Waals surface area contributed by atoms with Crippen molar-refractivity contribution in [2.45, 2.75) is 23.1 Å². The number of nitrogens with one attached hydrogen (secondary N) is 1. The maximum Gasteiger partial charge on any atom is 0.240 e. The first-order valence-electron chi connectivity index (χ1n) is 5.29.